The molecule has 0 aliphatic rings. The van der Waals surface area contributed by atoms with Crippen molar-refractivity contribution in [3.05, 3.63) is 67.3 Å². The lowest BCUT2D eigenvalue weighted by atomic mass is 10.3. The molecule has 0 saturated carbocycles. The van der Waals surface area contributed by atoms with Crippen molar-refractivity contribution in [3.63, 3.8) is 0 Å². The van der Waals surface area contributed by atoms with Gasteiger partial charge in [0.15, 0.2) is 5.13 Å². The lowest BCUT2D eigenvalue weighted by Crippen LogP contribution is -2.33. The summed E-state index contributed by atoms with van der Waals surface area (Å²) in [5.41, 5.74) is 0.874. The standard InChI is InChI=1S/C22H22N4O2S2/c1-28-17-8-9-19-20(14-17)30-22(24-19)26(12-5-11-25-13-10-23-16-25)21(27)15-29-18-6-3-2-4-7-18/h2-4,6-10,13-14,16H,5,11-12,15H2,1H3. The molecule has 0 unspecified atom stereocenters. The summed E-state index contributed by atoms with van der Waals surface area (Å²) < 4.78 is 8.34. The summed E-state index contributed by atoms with van der Waals surface area (Å²) in [4.78, 5) is 24.8. The highest BCUT2D eigenvalue weighted by Crippen LogP contribution is 2.32. The highest BCUT2D eigenvalue weighted by molar-refractivity contribution is 8.00. The second-order valence-corrected chi connectivity index (χ2v) is 8.69. The average Bonchev–Trinajstić information content (AvgIpc) is 3.44. The molecule has 8 heteroatoms. The Hall–Kier alpha value is -2.84. The van der Waals surface area contributed by atoms with E-state index < -0.39 is 0 Å². The number of ether oxygens (including phenoxy) is 1. The van der Waals surface area contributed by atoms with Gasteiger partial charge in [-0.1, -0.05) is 29.5 Å². The molecule has 4 aromatic rings. The SMILES string of the molecule is COc1ccc2nc(N(CCCn3ccnc3)C(=O)CSc3ccccc3)sc2c1. The number of fused-ring (bicyclic) bond motifs is 1. The predicted molar refractivity (Wildman–Crippen MR) is 123 cm³/mol. The molecule has 0 saturated heterocycles. The Bertz CT molecular complexity index is 1100. The summed E-state index contributed by atoms with van der Waals surface area (Å²) in [5.74, 6) is 1.21. The first-order valence-corrected chi connectivity index (χ1v) is 11.4. The number of thioether (sulfide) groups is 1. The molecule has 30 heavy (non-hydrogen) atoms. The number of nitrogens with zero attached hydrogens (tertiary/aromatic N) is 4. The van der Waals surface area contributed by atoms with Gasteiger partial charge < -0.3 is 9.30 Å². The number of hydrogen-bond acceptors (Lipinski definition) is 6. The molecule has 2 aromatic heterocycles. The van der Waals surface area contributed by atoms with Crippen molar-refractivity contribution in [2.45, 2.75) is 17.9 Å². The number of carbonyl (C=O) groups is 1. The van der Waals surface area contributed by atoms with E-state index in [-0.39, 0.29) is 5.91 Å². The Balaban J connectivity index is 1.51. The van der Waals surface area contributed by atoms with Gasteiger partial charge in [-0.05, 0) is 36.8 Å². The number of anilines is 1. The van der Waals surface area contributed by atoms with Crippen molar-refractivity contribution in [2.24, 2.45) is 0 Å². The van der Waals surface area contributed by atoms with Crippen LogP contribution in [0.4, 0.5) is 5.13 Å². The first-order valence-electron chi connectivity index (χ1n) is 9.61. The van der Waals surface area contributed by atoms with Crippen LogP contribution in [-0.4, -0.2) is 39.8 Å². The number of carbonyl (C=O) groups excluding carboxylic acids is 1. The molecule has 0 bridgehead atoms. The van der Waals surface area contributed by atoms with Gasteiger partial charge in [0.1, 0.15) is 5.75 Å². The number of aryl methyl sites for hydroxylation is 1. The monoisotopic (exact) mass is 438 g/mol. The van der Waals surface area contributed by atoms with E-state index in [4.69, 9.17) is 9.72 Å². The van der Waals surface area contributed by atoms with Gasteiger partial charge in [0.05, 0.1) is 29.4 Å². The average molecular weight is 439 g/mol. The molecule has 0 radical (unpaired) electrons. The summed E-state index contributed by atoms with van der Waals surface area (Å²) >= 11 is 3.06. The number of amides is 1. The van der Waals surface area contributed by atoms with Crippen molar-refractivity contribution in [3.8, 4) is 5.75 Å². The Morgan fingerprint density at radius 3 is 2.87 bits per heavy atom. The molecule has 154 valence electrons. The minimum absolute atomic E-state index is 0.0560. The zero-order valence-electron chi connectivity index (χ0n) is 16.6. The first kappa shape index (κ1) is 20.4. The zero-order valence-corrected chi connectivity index (χ0v) is 18.2. The molecule has 0 aliphatic heterocycles. The van der Waals surface area contributed by atoms with Crippen LogP contribution in [0.5, 0.6) is 5.75 Å². The fraction of sp³-hybridized carbons (Fsp3) is 0.227. The van der Waals surface area contributed by atoms with Gasteiger partial charge in [-0.2, -0.15) is 0 Å². The number of rotatable bonds is 9. The molecule has 0 N–H and O–H groups in total. The second kappa shape index (κ2) is 9.77. The number of aromatic nitrogens is 3. The molecule has 1 amide bonds. The highest BCUT2D eigenvalue weighted by Gasteiger charge is 2.20. The maximum atomic E-state index is 13.1. The van der Waals surface area contributed by atoms with E-state index in [1.807, 2.05) is 64.2 Å². The Labute approximate surface area is 183 Å². The number of hydrogen-bond donors (Lipinski definition) is 0. The van der Waals surface area contributed by atoms with Crippen molar-refractivity contribution < 1.29 is 9.53 Å². The Morgan fingerprint density at radius 2 is 2.10 bits per heavy atom. The summed E-state index contributed by atoms with van der Waals surface area (Å²) in [6, 6.07) is 15.8. The maximum absolute atomic E-state index is 13.1. The van der Waals surface area contributed by atoms with E-state index in [1.54, 1.807) is 31.4 Å². The van der Waals surface area contributed by atoms with E-state index >= 15 is 0 Å². The normalized spacial score (nSPS) is 11.0. The topological polar surface area (TPSA) is 60.2 Å². The summed E-state index contributed by atoms with van der Waals surface area (Å²) in [6.07, 6.45) is 6.31. The zero-order chi connectivity index (χ0) is 20.8. The van der Waals surface area contributed by atoms with Gasteiger partial charge in [-0.25, -0.2) is 9.97 Å². The Morgan fingerprint density at radius 1 is 1.23 bits per heavy atom. The largest absolute Gasteiger partial charge is 0.497 e. The smallest absolute Gasteiger partial charge is 0.239 e. The maximum Gasteiger partial charge on any atom is 0.239 e. The molecule has 6 nitrogen and oxygen atoms in total. The van der Waals surface area contributed by atoms with Crippen LogP contribution in [-0.2, 0) is 11.3 Å². The molecule has 0 aliphatic carbocycles. The Kier molecular flexibility index (Phi) is 6.66. The van der Waals surface area contributed by atoms with E-state index in [1.165, 1.54) is 11.3 Å². The van der Waals surface area contributed by atoms with Gasteiger partial charge in [-0.15, -0.1) is 11.8 Å². The summed E-state index contributed by atoms with van der Waals surface area (Å²) in [7, 11) is 1.65. The molecule has 2 aromatic carbocycles. The quantitative estimate of drug-likeness (QED) is 0.354. The predicted octanol–water partition coefficient (Wildman–Crippen LogP) is 4.72. The molecular weight excluding hydrogens is 416 g/mol. The molecular formula is C22H22N4O2S2. The second-order valence-electron chi connectivity index (χ2n) is 6.63. The fourth-order valence-electron chi connectivity index (χ4n) is 3.03. The summed E-state index contributed by atoms with van der Waals surface area (Å²) in [6.45, 7) is 1.40. The van der Waals surface area contributed by atoms with Crippen LogP contribution in [0.15, 0.2) is 72.1 Å². The van der Waals surface area contributed by atoms with E-state index in [0.29, 0.717) is 12.3 Å². The molecule has 2 heterocycles. The summed E-state index contributed by atoms with van der Waals surface area (Å²) in [5, 5.41) is 0.725. The van der Waals surface area contributed by atoms with Crippen molar-refractivity contribution in [1.29, 1.82) is 0 Å². The van der Waals surface area contributed by atoms with Crippen LogP contribution in [0.3, 0.4) is 0 Å². The lowest BCUT2D eigenvalue weighted by molar-refractivity contribution is -0.116. The van der Waals surface area contributed by atoms with E-state index in [9.17, 15) is 4.79 Å². The number of thiazole rings is 1. The van der Waals surface area contributed by atoms with Gasteiger partial charge in [0, 0.05) is 30.4 Å². The van der Waals surface area contributed by atoms with Crippen molar-refractivity contribution in [2.75, 3.05) is 24.3 Å². The van der Waals surface area contributed by atoms with Crippen LogP contribution < -0.4 is 9.64 Å². The lowest BCUT2D eigenvalue weighted by Gasteiger charge is -2.20. The van der Waals surface area contributed by atoms with Crippen LogP contribution >= 0.6 is 23.1 Å². The fourth-order valence-corrected chi connectivity index (χ4v) is 4.87. The van der Waals surface area contributed by atoms with Gasteiger partial charge >= 0.3 is 0 Å². The third-order valence-electron chi connectivity index (χ3n) is 4.58. The number of imidazole rings is 1. The van der Waals surface area contributed by atoms with E-state index in [0.717, 1.165) is 39.0 Å². The van der Waals surface area contributed by atoms with E-state index in [2.05, 4.69) is 4.98 Å². The highest BCUT2D eigenvalue weighted by atomic mass is 32.2. The third-order valence-corrected chi connectivity index (χ3v) is 6.62. The minimum Gasteiger partial charge on any atom is -0.497 e. The van der Waals surface area contributed by atoms with Gasteiger partial charge in [0.2, 0.25) is 5.91 Å². The van der Waals surface area contributed by atoms with Crippen molar-refractivity contribution >= 4 is 44.4 Å². The van der Waals surface area contributed by atoms with Crippen LogP contribution in [0.1, 0.15) is 6.42 Å². The first-order chi connectivity index (χ1) is 14.7. The van der Waals surface area contributed by atoms with Crippen molar-refractivity contribution in [1.82, 2.24) is 14.5 Å². The number of benzene rings is 2. The van der Waals surface area contributed by atoms with Gasteiger partial charge in [0.25, 0.3) is 0 Å². The van der Waals surface area contributed by atoms with Crippen LogP contribution in [0.2, 0.25) is 0 Å². The van der Waals surface area contributed by atoms with Gasteiger partial charge in [-0.3, -0.25) is 9.69 Å². The molecule has 0 spiro atoms. The molecule has 4 rings (SSSR count). The molecule has 0 atom stereocenters. The third kappa shape index (κ3) is 5.01. The number of methoxy groups -OCH3 is 1. The van der Waals surface area contributed by atoms with Crippen LogP contribution in [0.25, 0.3) is 10.2 Å². The minimum atomic E-state index is 0.0560. The van der Waals surface area contributed by atoms with Crippen LogP contribution in [0, 0.1) is 0 Å². The molecule has 0 fully saturated rings.